The van der Waals surface area contributed by atoms with Crippen molar-refractivity contribution in [3.63, 3.8) is 0 Å². The highest BCUT2D eigenvalue weighted by molar-refractivity contribution is 7.98. The number of benzene rings is 1. The normalized spacial score (nSPS) is 11.6. The van der Waals surface area contributed by atoms with Gasteiger partial charge in [0, 0.05) is 5.75 Å². The minimum atomic E-state index is -5.08. The molecule has 0 spiro atoms. The molecule has 18 heteroatoms. The van der Waals surface area contributed by atoms with Crippen molar-refractivity contribution >= 4 is 46.8 Å². The monoisotopic (exact) mass is 498 g/mol. The van der Waals surface area contributed by atoms with Gasteiger partial charge in [-0.05, 0) is 23.4 Å². The first-order chi connectivity index (χ1) is 15.0. The highest BCUT2D eigenvalue weighted by atomic mass is 35.5. The molecule has 172 valence electrons. The van der Waals surface area contributed by atoms with Crippen LogP contribution in [0.5, 0.6) is 0 Å². The van der Waals surface area contributed by atoms with Crippen LogP contribution in [0.3, 0.4) is 0 Å². The van der Waals surface area contributed by atoms with E-state index in [9.17, 15) is 22.8 Å². The van der Waals surface area contributed by atoms with Gasteiger partial charge in [-0.3, -0.25) is 10.7 Å². The number of H-pyrrole nitrogens is 1. The van der Waals surface area contributed by atoms with Crippen LogP contribution in [0.4, 0.5) is 29.2 Å². The molecule has 6 N–H and O–H groups in total. The van der Waals surface area contributed by atoms with Gasteiger partial charge in [-0.2, -0.15) is 18.2 Å². The molecule has 3 aromatic rings. The van der Waals surface area contributed by atoms with Gasteiger partial charge in [0.1, 0.15) is 11.5 Å². The number of nitrogen functional groups attached to an aromatic ring is 1. The summed E-state index contributed by atoms with van der Waals surface area (Å²) in [5.41, 5.74) is 8.20. The molecule has 0 saturated carbocycles. The lowest BCUT2D eigenvalue weighted by molar-refractivity contribution is -0.192. The second-order valence-corrected chi connectivity index (χ2v) is 6.67. The molecule has 32 heavy (non-hydrogen) atoms. The van der Waals surface area contributed by atoms with E-state index in [1.54, 1.807) is 0 Å². The van der Waals surface area contributed by atoms with E-state index in [0.717, 1.165) is 6.07 Å². The third kappa shape index (κ3) is 7.06. The fourth-order valence-electron chi connectivity index (χ4n) is 1.75. The molecule has 0 aliphatic heterocycles. The molecule has 0 aliphatic carbocycles. The predicted molar refractivity (Wildman–Crippen MR) is 101 cm³/mol. The molecule has 12 nitrogen and oxygen atoms in total. The Morgan fingerprint density at radius 3 is 2.59 bits per heavy atom. The number of rotatable bonds is 5. The molecule has 0 amide bonds. The van der Waals surface area contributed by atoms with Crippen LogP contribution in [0, 0.1) is 5.82 Å². The van der Waals surface area contributed by atoms with Crippen molar-refractivity contribution in [2.45, 2.75) is 17.1 Å². The number of carboxylic acids is 1. The molecule has 0 unspecified atom stereocenters. The number of nitrogens with zero attached hydrogens (tertiary/aromatic N) is 5. The SMILES string of the molecule is Nc1nc(SCc2nonc2C(=Nc2ccc(F)c(Cl)c2)NO)n[nH]1.O=C(O)C(F)(F)F. The van der Waals surface area contributed by atoms with Crippen LogP contribution in [0.2, 0.25) is 5.02 Å². The van der Waals surface area contributed by atoms with Gasteiger partial charge >= 0.3 is 12.1 Å². The Kier molecular flexibility index (Phi) is 8.33. The number of aromatic amines is 1. The Balaban J connectivity index is 0.000000451. The smallest absolute Gasteiger partial charge is 0.475 e. The van der Waals surface area contributed by atoms with Crippen LogP contribution in [-0.2, 0) is 10.5 Å². The summed E-state index contributed by atoms with van der Waals surface area (Å²) in [6, 6.07) is 3.84. The van der Waals surface area contributed by atoms with Crippen LogP contribution in [0.15, 0.2) is 33.0 Å². The minimum absolute atomic E-state index is 0.0472. The zero-order valence-electron chi connectivity index (χ0n) is 15.3. The van der Waals surface area contributed by atoms with E-state index in [2.05, 4.69) is 30.5 Å². The first-order valence-electron chi connectivity index (χ1n) is 7.87. The van der Waals surface area contributed by atoms with Crippen molar-refractivity contribution in [1.82, 2.24) is 31.0 Å². The fraction of sp³-hybridized carbons (Fsp3) is 0.143. The van der Waals surface area contributed by atoms with Crippen molar-refractivity contribution in [3.8, 4) is 0 Å². The van der Waals surface area contributed by atoms with E-state index < -0.39 is 18.0 Å². The maximum Gasteiger partial charge on any atom is 0.490 e. The Morgan fingerprint density at radius 2 is 2.06 bits per heavy atom. The Bertz CT molecular complexity index is 1110. The summed E-state index contributed by atoms with van der Waals surface area (Å²) in [6.07, 6.45) is -5.08. The molecule has 2 aromatic heterocycles. The second-order valence-electron chi connectivity index (χ2n) is 5.32. The van der Waals surface area contributed by atoms with Crippen LogP contribution >= 0.6 is 23.4 Å². The number of thioether (sulfide) groups is 1. The van der Waals surface area contributed by atoms with Gasteiger partial charge in [-0.25, -0.2) is 23.9 Å². The zero-order chi connectivity index (χ0) is 23.9. The Labute approximate surface area is 183 Å². The fourth-order valence-corrected chi connectivity index (χ4v) is 2.65. The highest BCUT2D eigenvalue weighted by Crippen LogP contribution is 2.24. The quantitative estimate of drug-likeness (QED) is 0.114. The first kappa shape index (κ1) is 24.8. The van der Waals surface area contributed by atoms with E-state index >= 15 is 0 Å². The van der Waals surface area contributed by atoms with E-state index in [0.29, 0.717) is 16.5 Å². The number of aliphatic imine (C=N–C) groups is 1. The van der Waals surface area contributed by atoms with E-state index in [1.807, 2.05) is 5.48 Å². The number of aromatic nitrogens is 5. The summed E-state index contributed by atoms with van der Waals surface area (Å²) in [7, 11) is 0. The molecule has 3 rings (SSSR count). The van der Waals surface area contributed by atoms with Gasteiger partial charge in [-0.15, -0.1) is 5.10 Å². The molecule has 0 saturated heterocycles. The average molecular weight is 499 g/mol. The zero-order valence-corrected chi connectivity index (χ0v) is 16.8. The van der Waals surface area contributed by atoms with Gasteiger partial charge in [0.15, 0.2) is 11.5 Å². The Hall–Kier alpha value is -3.44. The summed E-state index contributed by atoms with van der Waals surface area (Å²) in [4.78, 5) is 17.0. The lowest BCUT2D eigenvalue weighted by Gasteiger charge is -2.03. The number of amidine groups is 1. The van der Waals surface area contributed by atoms with Crippen LogP contribution in [-0.4, -0.2) is 53.8 Å². The number of nitrogens with two attached hydrogens (primary N) is 1. The summed E-state index contributed by atoms with van der Waals surface area (Å²) >= 11 is 6.93. The molecule has 2 heterocycles. The standard InChI is InChI=1S/C12H10ClFN8O2S.C2HF3O2/c13-6-3-5(1-2-7(6)14)16-10(20-23)9-8(21-24-22-9)4-25-12-17-11(15)18-19-12;3-2(4,5)1(6)7/h1-3,23H,4H2,(H,16,20)(H3,15,17,18,19);(H,6,7). The van der Waals surface area contributed by atoms with E-state index in [4.69, 9.17) is 31.9 Å². The van der Waals surface area contributed by atoms with E-state index in [-0.39, 0.29) is 28.3 Å². The van der Waals surface area contributed by atoms with Crippen molar-refractivity contribution in [2.75, 3.05) is 5.73 Å². The van der Waals surface area contributed by atoms with Gasteiger partial charge in [-0.1, -0.05) is 28.5 Å². The number of aliphatic carboxylic acids is 1. The number of halogens is 5. The van der Waals surface area contributed by atoms with Gasteiger partial charge in [0.2, 0.25) is 11.1 Å². The number of nitrogens with one attached hydrogen (secondary N) is 2. The van der Waals surface area contributed by atoms with Gasteiger partial charge < -0.3 is 10.8 Å². The topological polar surface area (TPSA) is 188 Å². The molecule has 0 aliphatic rings. The van der Waals surface area contributed by atoms with Gasteiger partial charge in [0.25, 0.3) is 0 Å². The minimum Gasteiger partial charge on any atom is -0.475 e. The molecular weight excluding hydrogens is 488 g/mol. The summed E-state index contributed by atoms with van der Waals surface area (Å²) in [6.45, 7) is 0. The number of hydrogen-bond acceptors (Lipinski definition) is 10. The van der Waals surface area contributed by atoms with Crippen LogP contribution in [0.1, 0.15) is 11.4 Å². The second kappa shape index (κ2) is 10.7. The number of hydrogen-bond donors (Lipinski definition) is 5. The lowest BCUT2D eigenvalue weighted by Crippen LogP contribution is -2.21. The average Bonchev–Trinajstić information content (AvgIpc) is 3.35. The first-order valence-corrected chi connectivity index (χ1v) is 9.24. The number of alkyl halides is 3. The molecule has 0 atom stereocenters. The van der Waals surface area contributed by atoms with Crippen molar-refractivity contribution < 1.29 is 37.3 Å². The van der Waals surface area contributed by atoms with Gasteiger partial charge in [0.05, 0.1) is 10.7 Å². The molecule has 1 aromatic carbocycles. The third-order valence-corrected chi connectivity index (χ3v) is 4.24. The van der Waals surface area contributed by atoms with Crippen molar-refractivity contribution in [3.05, 3.63) is 40.4 Å². The molecular formula is C14H11ClF4N8O4S. The number of carbonyl (C=O) groups is 1. The molecule has 0 bridgehead atoms. The van der Waals surface area contributed by atoms with Crippen molar-refractivity contribution in [1.29, 1.82) is 0 Å². The predicted octanol–water partition coefficient (Wildman–Crippen LogP) is 2.55. The number of anilines is 1. The number of carboxylic acid groups (broad SMARTS) is 1. The summed E-state index contributed by atoms with van der Waals surface area (Å²) < 4.78 is 49.6. The van der Waals surface area contributed by atoms with Crippen LogP contribution < -0.4 is 11.2 Å². The summed E-state index contributed by atoms with van der Waals surface area (Å²) in [5, 5.41) is 30.6. The maximum absolute atomic E-state index is 13.2. The largest absolute Gasteiger partial charge is 0.490 e. The summed E-state index contributed by atoms with van der Waals surface area (Å²) in [5.74, 6) is -2.92. The molecule has 0 radical (unpaired) electrons. The maximum atomic E-state index is 13.2. The highest BCUT2D eigenvalue weighted by Gasteiger charge is 2.38. The lowest BCUT2D eigenvalue weighted by atomic mass is 10.3. The third-order valence-electron chi connectivity index (χ3n) is 3.09. The molecule has 0 fully saturated rings. The van der Waals surface area contributed by atoms with E-state index in [1.165, 1.54) is 23.9 Å². The Morgan fingerprint density at radius 1 is 1.38 bits per heavy atom. The van der Waals surface area contributed by atoms with Crippen molar-refractivity contribution in [2.24, 2.45) is 4.99 Å². The van der Waals surface area contributed by atoms with Crippen LogP contribution in [0.25, 0.3) is 0 Å². The number of hydroxylamine groups is 1.